The molecule has 30 heavy (non-hydrogen) atoms. The molecule has 0 aromatic heterocycles. The topological polar surface area (TPSA) is 26.3 Å². The summed E-state index contributed by atoms with van der Waals surface area (Å²) in [5.41, 5.74) is 0. The highest BCUT2D eigenvalue weighted by atomic mass is 19.4. The van der Waals surface area contributed by atoms with Gasteiger partial charge in [-0.15, -0.1) is 0 Å². The Kier molecular flexibility index (Phi) is 8.68. The molecule has 0 spiro atoms. The number of alkyl halides is 13. The van der Waals surface area contributed by atoms with Gasteiger partial charge in [0.25, 0.3) is 0 Å². The lowest BCUT2D eigenvalue weighted by atomic mass is 9.95. The summed E-state index contributed by atoms with van der Waals surface area (Å²) in [6.45, 7) is 1.57. The minimum Gasteiger partial charge on any atom is -0.462 e. The average Bonchev–Trinajstić information content (AvgIpc) is 2.57. The number of hydrogen-bond acceptors (Lipinski definition) is 2. The number of halogens is 13. The van der Waals surface area contributed by atoms with Gasteiger partial charge >= 0.3 is 41.8 Å². The minimum atomic E-state index is -6.32. The quantitative estimate of drug-likeness (QED) is 0.186. The van der Waals surface area contributed by atoms with Crippen molar-refractivity contribution in [2.45, 2.75) is 67.9 Å². The van der Waals surface area contributed by atoms with Crippen molar-refractivity contribution in [1.29, 1.82) is 0 Å². The van der Waals surface area contributed by atoms with E-state index in [0.717, 1.165) is 0 Å². The molecule has 0 aliphatic rings. The number of carbonyl (C=O) groups is 1. The van der Waals surface area contributed by atoms with E-state index in [4.69, 9.17) is 0 Å². The van der Waals surface area contributed by atoms with Crippen molar-refractivity contribution in [3.05, 3.63) is 12.7 Å². The van der Waals surface area contributed by atoms with Crippen molar-refractivity contribution in [3.8, 4) is 0 Å². The lowest BCUT2D eigenvalue weighted by molar-refractivity contribution is -0.295. The third kappa shape index (κ3) is 7.22. The Balaban J connectivity index is 5.07. The first-order valence-corrected chi connectivity index (χ1v) is 7.87. The summed E-state index contributed by atoms with van der Waals surface area (Å²) >= 11 is 0. The van der Waals surface area contributed by atoms with E-state index in [2.05, 4.69) is 11.3 Å². The molecule has 178 valence electrons. The molecule has 0 atom stereocenters. The molecule has 0 aromatic carbocycles. The first-order chi connectivity index (χ1) is 13.1. The van der Waals surface area contributed by atoms with Crippen LogP contribution in [-0.2, 0) is 9.53 Å². The van der Waals surface area contributed by atoms with Crippen LogP contribution in [0, 0.1) is 0 Å². The van der Waals surface area contributed by atoms with Gasteiger partial charge < -0.3 is 4.74 Å². The maximum Gasteiger partial charge on any atom is 0.453 e. The van der Waals surface area contributed by atoms with Gasteiger partial charge in [-0.2, -0.15) is 57.1 Å². The van der Waals surface area contributed by atoms with E-state index in [0.29, 0.717) is 6.08 Å². The number of esters is 1. The highest BCUT2D eigenvalue weighted by molar-refractivity contribution is 5.81. The smallest absolute Gasteiger partial charge is 0.453 e. The predicted molar refractivity (Wildman–Crippen MR) is 75.0 cm³/mol. The second-order valence-electron chi connectivity index (χ2n) is 6.14. The zero-order valence-corrected chi connectivity index (χ0v) is 14.8. The van der Waals surface area contributed by atoms with Gasteiger partial charge in [0, 0.05) is 31.8 Å². The lowest BCUT2D eigenvalue weighted by Gasteiger charge is -2.31. The molecule has 0 aliphatic carbocycles. The molecule has 0 aliphatic heterocycles. The van der Waals surface area contributed by atoms with E-state index in [-0.39, 0.29) is 0 Å². The van der Waals surface area contributed by atoms with Crippen LogP contribution in [0.15, 0.2) is 12.7 Å². The fraction of sp³-hybridized carbons (Fsp3) is 0.800. The second-order valence-corrected chi connectivity index (χ2v) is 6.14. The third-order valence-electron chi connectivity index (χ3n) is 3.82. The molecule has 0 N–H and O–H groups in total. The number of ether oxygens (including phenoxy) is 1. The van der Waals surface area contributed by atoms with E-state index >= 15 is 0 Å². The summed E-state index contributed by atoms with van der Waals surface area (Å²) in [6.07, 6.45) is -18.4. The molecule has 15 heteroatoms. The molecule has 0 saturated carbocycles. The fourth-order valence-corrected chi connectivity index (χ4v) is 1.84. The molecular weight excluding hydrogens is 459 g/mol. The van der Waals surface area contributed by atoms with Crippen molar-refractivity contribution in [3.63, 3.8) is 0 Å². The Labute approximate surface area is 161 Å². The van der Waals surface area contributed by atoms with Gasteiger partial charge in [0.1, 0.15) is 0 Å². The standard InChI is InChI=1S/C15H15F13O2/c1-2-9(29)30-8-7-13(22,23)12(20,21)4-3-10(16,17)11(18,19)5-6-14(24,25)15(26,27)28/h2H,1,3-8H2. The highest BCUT2D eigenvalue weighted by Gasteiger charge is 2.63. The Morgan fingerprint density at radius 1 is 0.600 bits per heavy atom. The van der Waals surface area contributed by atoms with Crippen LogP contribution >= 0.6 is 0 Å². The molecule has 0 heterocycles. The van der Waals surface area contributed by atoms with Crippen LogP contribution in [0.5, 0.6) is 0 Å². The maximum absolute atomic E-state index is 13.5. The van der Waals surface area contributed by atoms with Crippen LogP contribution in [-0.4, -0.2) is 48.4 Å². The zero-order valence-electron chi connectivity index (χ0n) is 14.8. The van der Waals surface area contributed by atoms with Gasteiger partial charge in [-0.3, -0.25) is 0 Å². The monoisotopic (exact) mass is 474 g/mol. The number of hydrogen-bond donors (Lipinski definition) is 0. The predicted octanol–water partition coefficient (Wildman–Crippen LogP) is 6.40. The fourth-order valence-electron chi connectivity index (χ4n) is 1.84. The summed E-state index contributed by atoms with van der Waals surface area (Å²) in [5.74, 6) is -28.6. The lowest BCUT2D eigenvalue weighted by Crippen LogP contribution is -2.47. The maximum atomic E-state index is 13.5. The van der Waals surface area contributed by atoms with Crippen LogP contribution in [0.4, 0.5) is 57.1 Å². The molecular formula is C15H15F13O2. The Morgan fingerprint density at radius 3 is 1.20 bits per heavy atom. The molecule has 0 unspecified atom stereocenters. The van der Waals surface area contributed by atoms with Crippen LogP contribution < -0.4 is 0 Å². The van der Waals surface area contributed by atoms with Crippen molar-refractivity contribution in [2.75, 3.05) is 6.61 Å². The Morgan fingerprint density at radius 2 is 0.900 bits per heavy atom. The molecule has 0 bridgehead atoms. The number of carbonyl (C=O) groups excluding carboxylic acids is 1. The summed E-state index contributed by atoms with van der Waals surface area (Å²) in [5, 5.41) is 0. The molecule has 0 radical (unpaired) electrons. The van der Waals surface area contributed by atoms with E-state index in [1.54, 1.807) is 0 Å². The van der Waals surface area contributed by atoms with E-state index < -0.39 is 80.5 Å². The van der Waals surface area contributed by atoms with Crippen LogP contribution in [0.2, 0.25) is 0 Å². The third-order valence-corrected chi connectivity index (χ3v) is 3.82. The van der Waals surface area contributed by atoms with E-state index in [9.17, 15) is 61.9 Å². The second kappa shape index (κ2) is 9.20. The highest BCUT2D eigenvalue weighted by Crippen LogP contribution is 2.48. The Hall–Kier alpha value is -1.70. The minimum absolute atomic E-state index is 0.501. The largest absolute Gasteiger partial charge is 0.462 e. The van der Waals surface area contributed by atoms with Gasteiger partial charge in [-0.1, -0.05) is 6.58 Å². The van der Waals surface area contributed by atoms with Gasteiger partial charge in [0.2, 0.25) is 0 Å². The molecule has 0 amide bonds. The van der Waals surface area contributed by atoms with Crippen molar-refractivity contribution >= 4 is 5.97 Å². The SMILES string of the molecule is C=CC(=O)OCCC(F)(F)C(F)(F)CCC(F)(F)C(F)(F)CCC(F)(F)C(F)(F)F. The van der Waals surface area contributed by atoms with Crippen molar-refractivity contribution < 1.29 is 66.6 Å². The van der Waals surface area contributed by atoms with Gasteiger partial charge in [0.15, 0.2) is 0 Å². The van der Waals surface area contributed by atoms with Crippen LogP contribution in [0.25, 0.3) is 0 Å². The average molecular weight is 474 g/mol. The summed E-state index contributed by atoms with van der Waals surface area (Å²) in [7, 11) is 0. The van der Waals surface area contributed by atoms with Crippen molar-refractivity contribution in [2.24, 2.45) is 0 Å². The first-order valence-electron chi connectivity index (χ1n) is 7.87. The first kappa shape index (κ1) is 28.3. The normalized spacial score (nSPS) is 14.6. The Bertz CT molecular complexity index is 596. The van der Waals surface area contributed by atoms with E-state index in [1.165, 1.54) is 0 Å². The van der Waals surface area contributed by atoms with Crippen LogP contribution in [0.1, 0.15) is 32.1 Å². The summed E-state index contributed by atoms with van der Waals surface area (Å²) < 4.78 is 173. The van der Waals surface area contributed by atoms with Gasteiger partial charge in [-0.25, -0.2) is 4.79 Å². The molecule has 0 aromatic rings. The van der Waals surface area contributed by atoms with Crippen LogP contribution in [0.3, 0.4) is 0 Å². The number of rotatable bonds is 12. The molecule has 0 fully saturated rings. The van der Waals surface area contributed by atoms with Gasteiger partial charge in [-0.05, 0) is 0 Å². The summed E-state index contributed by atoms with van der Waals surface area (Å²) in [6, 6.07) is 0. The molecule has 0 rings (SSSR count). The molecule has 0 saturated heterocycles. The van der Waals surface area contributed by atoms with E-state index in [1.807, 2.05) is 0 Å². The van der Waals surface area contributed by atoms with Gasteiger partial charge in [0.05, 0.1) is 13.0 Å². The van der Waals surface area contributed by atoms with Crippen molar-refractivity contribution in [1.82, 2.24) is 0 Å². The zero-order chi connectivity index (χ0) is 24.2. The molecule has 2 nitrogen and oxygen atoms in total. The summed E-state index contributed by atoms with van der Waals surface area (Å²) in [4.78, 5) is 10.6.